The summed E-state index contributed by atoms with van der Waals surface area (Å²) in [5.74, 6) is -0.572. The molecule has 0 spiro atoms. The van der Waals surface area contributed by atoms with Crippen LogP contribution in [0.1, 0.15) is 19.3 Å². The summed E-state index contributed by atoms with van der Waals surface area (Å²) in [7, 11) is 1.63. The Hall–Kier alpha value is -1.14. The molecule has 0 aromatic heterocycles. The summed E-state index contributed by atoms with van der Waals surface area (Å²) in [5.41, 5.74) is 0. The van der Waals surface area contributed by atoms with E-state index in [1.165, 1.54) is 0 Å². The maximum atomic E-state index is 11.6. The molecular formula is C12H22N2O4. The first-order chi connectivity index (χ1) is 8.61. The molecule has 1 fully saturated rings. The molecule has 1 atom stereocenters. The lowest BCUT2D eigenvalue weighted by atomic mass is 10.1. The molecule has 2 N–H and O–H groups in total. The van der Waals surface area contributed by atoms with Crippen molar-refractivity contribution in [2.24, 2.45) is 5.92 Å². The lowest BCUT2D eigenvalue weighted by molar-refractivity contribution is -0.138. The van der Waals surface area contributed by atoms with E-state index in [1.54, 1.807) is 7.11 Å². The monoisotopic (exact) mass is 258 g/mol. The summed E-state index contributed by atoms with van der Waals surface area (Å²) >= 11 is 0. The summed E-state index contributed by atoms with van der Waals surface area (Å²) in [4.78, 5) is 24.2. The third-order valence-corrected chi connectivity index (χ3v) is 3.05. The quantitative estimate of drug-likeness (QED) is 0.596. The molecule has 0 saturated carbocycles. The second-order valence-corrected chi connectivity index (χ2v) is 4.68. The number of methoxy groups -OCH3 is 1. The van der Waals surface area contributed by atoms with Crippen LogP contribution in [0.15, 0.2) is 0 Å². The van der Waals surface area contributed by atoms with Crippen molar-refractivity contribution in [3.05, 3.63) is 0 Å². The highest BCUT2D eigenvalue weighted by Gasteiger charge is 2.25. The molecule has 1 heterocycles. The number of ether oxygens (including phenoxy) is 1. The maximum absolute atomic E-state index is 11.6. The predicted molar refractivity (Wildman–Crippen MR) is 66.3 cm³/mol. The van der Waals surface area contributed by atoms with Crippen LogP contribution in [0.2, 0.25) is 0 Å². The molecule has 0 aromatic rings. The van der Waals surface area contributed by atoms with Crippen LogP contribution in [0.5, 0.6) is 0 Å². The van der Waals surface area contributed by atoms with E-state index < -0.39 is 5.97 Å². The zero-order valence-corrected chi connectivity index (χ0v) is 10.9. The van der Waals surface area contributed by atoms with Gasteiger partial charge in [0.05, 0.1) is 6.54 Å². The van der Waals surface area contributed by atoms with Crippen LogP contribution >= 0.6 is 0 Å². The van der Waals surface area contributed by atoms with Crippen molar-refractivity contribution in [3.8, 4) is 0 Å². The van der Waals surface area contributed by atoms with Gasteiger partial charge in [-0.15, -0.1) is 0 Å². The average molecular weight is 258 g/mol. The van der Waals surface area contributed by atoms with Crippen molar-refractivity contribution < 1.29 is 19.4 Å². The highest BCUT2D eigenvalue weighted by Crippen LogP contribution is 2.18. The minimum Gasteiger partial charge on any atom is -0.481 e. The van der Waals surface area contributed by atoms with Gasteiger partial charge in [0.1, 0.15) is 0 Å². The lowest BCUT2D eigenvalue weighted by Crippen LogP contribution is -2.36. The van der Waals surface area contributed by atoms with Crippen LogP contribution in [0, 0.1) is 5.92 Å². The van der Waals surface area contributed by atoms with Gasteiger partial charge in [0.15, 0.2) is 0 Å². The van der Waals surface area contributed by atoms with Crippen molar-refractivity contribution in [1.29, 1.82) is 0 Å². The van der Waals surface area contributed by atoms with Crippen molar-refractivity contribution in [2.45, 2.75) is 19.3 Å². The first-order valence-corrected chi connectivity index (χ1v) is 6.31. The van der Waals surface area contributed by atoms with Gasteiger partial charge in [0.2, 0.25) is 5.91 Å². The number of carboxylic acids is 1. The third-order valence-electron chi connectivity index (χ3n) is 3.05. The fraction of sp³-hybridized carbons (Fsp3) is 0.833. The van der Waals surface area contributed by atoms with E-state index in [-0.39, 0.29) is 18.2 Å². The number of nitrogens with one attached hydrogen (secondary N) is 1. The molecule has 1 aliphatic rings. The van der Waals surface area contributed by atoms with Crippen molar-refractivity contribution >= 4 is 11.9 Å². The summed E-state index contributed by atoms with van der Waals surface area (Å²) < 4.78 is 4.89. The van der Waals surface area contributed by atoms with E-state index in [9.17, 15) is 9.59 Å². The van der Waals surface area contributed by atoms with E-state index in [0.717, 1.165) is 19.4 Å². The van der Waals surface area contributed by atoms with Crippen LogP contribution in [0.3, 0.4) is 0 Å². The van der Waals surface area contributed by atoms with Gasteiger partial charge in [-0.3, -0.25) is 14.5 Å². The molecule has 1 unspecified atom stereocenters. The topological polar surface area (TPSA) is 78.9 Å². The second kappa shape index (κ2) is 8.05. The standard InChI is InChI=1S/C12H22N2O4/c1-18-6-2-4-13-11(15)9-14-5-3-10(8-14)7-12(16)17/h10H,2-9H2,1H3,(H,13,15)(H,16,17). The molecule has 6 nitrogen and oxygen atoms in total. The third kappa shape index (κ3) is 5.97. The average Bonchev–Trinajstić information content (AvgIpc) is 2.71. The second-order valence-electron chi connectivity index (χ2n) is 4.68. The number of carbonyl (C=O) groups excluding carboxylic acids is 1. The van der Waals surface area contributed by atoms with E-state index in [0.29, 0.717) is 26.2 Å². The molecule has 1 rings (SSSR count). The van der Waals surface area contributed by atoms with Gasteiger partial charge in [-0.05, 0) is 25.3 Å². The van der Waals surface area contributed by atoms with Gasteiger partial charge in [-0.2, -0.15) is 0 Å². The smallest absolute Gasteiger partial charge is 0.303 e. The number of likely N-dealkylation sites (tertiary alicyclic amines) is 1. The number of hydrogen-bond donors (Lipinski definition) is 2. The van der Waals surface area contributed by atoms with Crippen molar-refractivity contribution in [1.82, 2.24) is 10.2 Å². The normalized spacial score (nSPS) is 19.9. The number of carbonyl (C=O) groups is 2. The molecular weight excluding hydrogens is 236 g/mol. The van der Waals surface area contributed by atoms with Gasteiger partial charge < -0.3 is 15.2 Å². The lowest BCUT2D eigenvalue weighted by Gasteiger charge is -2.15. The Kier molecular flexibility index (Phi) is 6.67. The molecule has 104 valence electrons. The molecule has 0 aromatic carbocycles. The number of amides is 1. The Morgan fingerprint density at radius 2 is 2.28 bits per heavy atom. The Labute approximate surface area is 107 Å². The number of nitrogens with zero attached hydrogens (tertiary/aromatic N) is 1. The van der Waals surface area contributed by atoms with Crippen LogP contribution < -0.4 is 5.32 Å². The van der Waals surface area contributed by atoms with Gasteiger partial charge >= 0.3 is 5.97 Å². The van der Waals surface area contributed by atoms with Crippen molar-refractivity contribution in [3.63, 3.8) is 0 Å². The fourth-order valence-corrected chi connectivity index (χ4v) is 2.17. The molecule has 0 radical (unpaired) electrons. The molecule has 0 aliphatic carbocycles. The first-order valence-electron chi connectivity index (χ1n) is 6.31. The summed E-state index contributed by atoms with van der Waals surface area (Å²) in [6.45, 7) is 3.15. The Balaban J connectivity index is 2.12. The minimum atomic E-state index is -0.758. The van der Waals surface area contributed by atoms with Crippen molar-refractivity contribution in [2.75, 3.05) is 39.9 Å². The molecule has 1 aliphatic heterocycles. The summed E-state index contributed by atoms with van der Waals surface area (Å²) in [5, 5.41) is 11.5. The molecule has 18 heavy (non-hydrogen) atoms. The Bertz CT molecular complexity index is 283. The van der Waals surface area contributed by atoms with Crippen LogP contribution in [0.25, 0.3) is 0 Å². The highest BCUT2D eigenvalue weighted by atomic mass is 16.5. The summed E-state index contributed by atoms with van der Waals surface area (Å²) in [6.07, 6.45) is 1.87. The van der Waals surface area contributed by atoms with Crippen LogP contribution in [-0.2, 0) is 14.3 Å². The largest absolute Gasteiger partial charge is 0.481 e. The Morgan fingerprint density at radius 1 is 1.50 bits per heavy atom. The van der Waals surface area contributed by atoms with Gasteiger partial charge in [0.25, 0.3) is 0 Å². The SMILES string of the molecule is COCCCNC(=O)CN1CCC(CC(=O)O)C1. The summed E-state index contributed by atoms with van der Waals surface area (Å²) in [6, 6.07) is 0. The number of rotatable bonds is 8. The van der Waals surface area contributed by atoms with Crippen LogP contribution in [-0.4, -0.2) is 61.8 Å². The van der Waals surface area contributed by atoms with Gasteiger partial charge in [-0.1, -0.05) is 0 Å². The Morgan fingerprint density at radius 3 is 2.94 bits per heavy atom. The number of carboxylic acid groups (broad SMARTS) is 1. The van der Waals surface area contributed by atoms with E-state index in [2.05, 4.69) is 5.32 Å². The highest BCUT2D eigenvalue weighted by molar-refractivity contribution is 5.78. The predicted octanol–water partition coefficient (Wildman–Crippen LogP) is -0.0643. The van der Waals surface area contributed by atoms with E-state index in [1.807, 2.05) is 4.90 Å². The molecule has 0 bridgehead atoms. The minimum absolute atomic E-state index is 0.00192. The molecule has 1 amide bonds. The van der Waals surface area contributed by atoms with Gasteiger partial charge in [0, 0.05) is 33.2 Å². The van der Waals surface area contributed by atoms with E-state index >= 15 is 0 Å². The van der Waals surface area contributed by atoms with Gasteiger partial charge in [-0.25, -0.2) is 0 Å². The molecule has 1 saturated heterocycles. The number of aliphatic carboxylic acids is 1. The first kappa shape index (κ1) is 14.9. The zero-order valence-electron chi connectivity index (χ0n) is 10.9. The fourth-order valence-electron chi connectivity index (χ4n) is 2.17. The molecule has 6 heteroatoms. The van der Waals surface area contributed by atoms with E-state index in [4.69, 9.17) is 9.84 Å². The zero-order chi connectivity index (χ0) is 13.4. The van der Waals surface area contributed by atoms with Crippen LogP contribution in [0.4, 0.5) is 0 Å². The maximum Gasteiger partial charge on any atom is 0.303 e. The number of hydrogen-bond acceptors (Lipinski definition) is 4.